The summed E-state index contributed by atoms with van der Waals surface area (Å²) in [6.45, 7) is 4.15. The first-order valence-corrected chi connectivity index (χ1v) is 9.55. The second-order valence-electron chi connectivity index (χ2n) is 6.31. The van der Waals surface area contributed by atoms with Crippen molar-refractivity contribution < 1.29 is 9.53 Å². The SMILES string of the molecule is CCCCCCCCCCCCCCCC=CCOC(C)=O. The molecule has 0 aliphatic heterocycles. The molecule has 2 heteroatoms. The molecule has 0 fully saturated rings. The fraction of sp³-hybridized carbons (Fsp3) is 0.850. The Balaban J connectivity index is 3.04. The molecule has 0 aromatic carbocycles. The van der Waals surface area contributed by atoms with Gasteiger partial charge in [-0.2, -0.15) is 0 Å². The number of carbonyl (C=O) groups excluding carboxylic acids is 1. The Morgan fingerprint density at radius 3 is 1.64 bits per heavy atom. The van der Waals surface area contributed by atoms with Gasteiger partial charge in [-0.15, -0.1) is 0 Å². The van der Waals surface area contributed by atoms with Gasteiger partial charge < -0.3 is 4.74 Å². The van der Waals surface area contributed by atoms with E-state index in [9.17, 15) is 4.79 Å². The molecule has 0 spiro atoms. The lowest BCUT2D eigenvalue weighted by Gasteiger charge is -2.02. The maximum absolute atomic E-state index is 10.5. The average molecular weight is 311 g/mol. The summed E-state index contributed by atoms with van der Waals surface area (Å²) < 4.78 is 4.84. The van der Waals surface area contributed by atoms with Gasteiger partial charge in [0.1, 0.15) is 6.61 Å². The molecule has 22 heavy (non-hydrogen) atoms. The molecule has 0 atom stereocenters. The number of hydrogen-bond donors (Lipinski definition) is 0. The molecular formula is C20H38O2. The molecule has 0 bridgehead atoms. The van der Waals surface area contributed by atoms with Crippen LogP contribution in [0.15, 0.2) is 12.2 Å². The van der Waals surface area contributed by atoms with E-state index < -0.39 is 0 Å². The summed E-state index contributed by atoms with van der Waals surface area (Å²) in [5.74, 6) is -0.203. The quantitative estimate of drug-likeness (QED) is 0.183. The van der Waals surface area contributed by atoms with Gasteiger partial charge in [-0.3, -0.25) is 4.79 Å². The van der Waals surface area contributed by atoms with E-state index in [-0.39, 0.29) is 5.97 Å². The van der Waals surface area contributed by atoms with Crippen LogP contribution < -0.4 is 0 Å². The molecule has 0 radical (unpaired) electrons. The van der Waals surface area contributed by atoms with Gasteiger partial charge in [0.05, 0.1) is 0 Å². The summed E-state index contributed by atoms with van der Waals surface area (Å²) in [7, 11) is 0. The van der Waals surface area contributed by atoms with Gasteiger partial charge >= 0.3 is 5.97 Å². The lowest BCUT2D eigenvalue weighted by molar-refractivity contribution is -0.139. The van der Waals surface area contributed by atoms with Crippen LogP contribution in [-0.4, -0.2) is 12.6 Å². The smallest absolute Gasteiger partial charge is 0.302 e. The third-order valence-electron chi connectivity index (χ3n) is 4.02. The summed E-state index contributed by atoms with van der Waals surface area (Å²) in [5, 5.41) is 0. The molecule has 0 amide bonds. The number of carbonyl (C=O) groups is 1. The van der Waals surface area contributed by atoms with Crippen molar-refractivity contribution in [3.05, 3.63) is 12.2 Å². The van der Waals surface area contributed by atoms with Gasteiger partial charge in [0.15, 0.2) is 0 Å². The summed E-state index contributed by atoms with van der Waals surface area (Å²) in [6, 6.07) is 0. The van der Waals surface area contributed by atoms with Crippen LogP contribution in [0.25, 0.3) is 0 Å². The highest BCUT2D eigenvalue weighted by molar-refractivity contribution is 5.65. The van der Waals surface area contributed by atoms with Crippen LogP contribution in [-0.2, 0) is 9.53 Å². The number of unbranched alkanes of at least 4 members (excludes halogenated alkanes) is 13. The molecule has 0 unspecified atom stereocenters. The minimum atomic E-state index is -0.203. The molecule has 0 rings (SSSR count). The van der Waals surface area contributed by atoms with E-state index in [0.717, 1.165) is 6.42 Å². The van der Waals surface area contributed by atoms with Crippen LogP contribution in [0.5, 0.6) is 0 Å². The van der Waals surface area contributed by atoms with Gasteiger partial charge in [-0.05, 0) is 12.8 Å². The monoisotopic (exact) mass is 310 g/mol. The molecule has 0 aliphatic rings. The largest absolute Gasteiger partial charge is 0.462 e. The Morgan fingerprint density at radius 2 is 1.18 bits per heavy atom. The Labute approximate surface area is 138 Å². The van der Waals surface area contributed by atoms with Gasteiger partial charge in [-0.1, -0.05) is 96.1 Å². The molecule has 0 aromatic heterocycles. The van der Waals surface area contributed by atoms with Crippen LogP contribution in [0, 0.1) is 0 Å². The van der Waals surface area contributed by atoms with Crippen molar-refractivity contribution in [1.29, 1.82) is 0 Å². The standard InChI is InChI=1S/C20H38O2/c1-3-4-5-6-7-8-9-10-11-12-13-14-15-16-17-18-19-22-20(2)21/h17-18H,3-16,19H2,1-2H3. The lowest BCUT2D eigenvalue weighted by atomic mass is 10.0. The molecule has 0 heterocycles. The van der Waals surface area contributed by atoms with Gasteiger partial charge in [0, 0.05) is 6.92 Å². The molecule has 0 aromatic rings. The summed E-state index contributed by atoms with van der Waals surface area (Å²) in [6.07, 6.45) is 23.3. The van der Waals surface area contributed by atoms with Crippen molar-refractivity contribution in [2.75, 3.05) is 6.61 Å². The number of rotatable bonds is 16. The van der Waals surface area contributed by atoms with E-state index in [2.05, 4.69) is 13.0 Å². The summed E-state index contributed by atoms with van der Waals surface area (Å²) in [4.78, 5) is 10.5. The second kappa shape index (κ2) is 18.3. The Morgan fingerprint density at radius 1 is 0.727 bits per heavy atom. The first-order chi connectivity index (χ1) is 10.8. The van der Waals surface area contributed by atoms with Gasteiger partial charge in [0.25, 0.3) is 0 Å². The first kappa shape index (κ1) is 21.2. The van der Waals surface area contributed by atoms with E-state index >= 15 is 0 Å². The Hall–Kier alpha value is -0.790. The maximum atomic E-state index is 10.5. The van der Waals surface area contributed by atoms with Crippen LogP contribution in [0.2, 0.25) is 0 Å². The van der Waals surface area contributed by atoms with E-state index in [4.69, 9.17) is 4.74 Å². The van der Waals surface area contributed by atoms with Crippen LogP contribution in [0.4, 0.5) is 0 Å². The van der Waals surface area contributed by atoms with Crippen LogP contribution in [0.3, 0.4) is 0 Å². The average Bonchev–Trinajstić information content (AvgIpc) is 2.50. The molecule has 2 nitrogen and oxygen atoms in total. The Bertz CT molecular complexity index is 258. The molecule has 0 saturated heterocycles. The van der Waals surface area contributed by atoms with E-state index in [1.165, 1.54) is 90.4 Å². The van der Waals surface area contributed by atoms with Crippen LogP contribution >= 0.6 is 0 Å². The van der Waals surface area contributed by atoms with Crippen LogP contribution in [0.1, 0.15) is 104 Å². The zero-order valence-corrected chi connectivity index (χ0v) is 15.1. The predicted molar refractivity (Wildman–Crippen MR) is 96.1 cm³/mol. The molecule has 130 valence electrons. The highest BCUT2D eigenvalue weighted by Gasteiger charge is 1.93. The van der Waals surface area contributed by atoms with Crippen molar-refractivity contribution in [3.63, 3.8) is 0 Å². The molecule has 0 N–H and O–H groups in total. The predicted octanol–water partition coefficient (Wildman–Crippen LogP) is 6.59. The molecular weight excluding hydrogens is 272 g/mol. The maximum Gasteiger partial charge on any atom is 0.302 e. The molecule has 0 saturated carbocycles. The zero-order chi connectivity index (χ0) is 16.3. The minimum absolute atomic E-state index is 0.203. The van der Waals surface area contributed by atoms with Gasteiger partial charge in [0.2, 0.25) is 0 Å². The van der Waals surface area contributed by atoms with Crippen molar-refractivity contribution in [2.24, 2.45) is 0 Å². The highest BCUT2D eigenvalue weighted by Crippen LogP contribution is 2.12. The number of esters is 1. The normalized spacial score (nSPS) is 11.2. The number of ether oxygens (including phenoxy) is 1. The summed E-state index contributed by atoms with van der Waals surface area (Å²) >= 11 is 0. The van der Waals surface area contributed by atoms with Crippen molar-refractivity contribution in [2.45, 2.75) is 104 Å². The topological polar surface area (TPSA) is 26.3 Å². The van der Waals surface area contributed by atoms with Crippen molar-refractivity contribution >= 4 is 5.97 Å². The third kappa shape index (κ3) is 19.2. The first-order valence-electron chi connectivity index (χ1n) is 9.55. The van der Waals surface area contributed by atoms with E-state index in [1.54, 1.807) is 0 Å². The van der Waals surface area contributed by atoms with E-state index in [0.29, 0.717) is 6.61 Å². The highest BCUT2D eigenvalue weighted by atomic mass is 16.5. The fourth-order valence-electron chi connectivity index (χ4n) is 2.63. The zero-order valence-electron chi connectivity index (χ0n) is 15.1. The second-order valence-corrected chi connectivity index (χ2v) is 6.31. The van der Waals surface area contributed by atoms with Gasteiger partial charge in [-0.25, -0.2) is 0 Å². The van der Waals surface area contributed by atoms with E-state index in [1.807, 2.05) is 6.08 Å². The minimum Gasteiger partial charge on any atom is -0.462 e. The fourth-order valence-corrected chi connectivity index (χ4v) is 2.63. The lowest BCUT2D eigenvalue weighted by Crippen LogP contribution is -1.97. The van der Waals surface area contributed by atoms with Crippen molar-refractivity contribution in [3.8, 4) is 0 Å². The number of hydrogen-bond acceptors (Lipinski definition) is 2. The summed E-state index contributed by atoms with van der Waals surface area (Å²) in [5.41, 5.74) is 0. The van der Waals surface area contributed by atoms with Crippen molar-refractivity contribution in [1.82, 2.24) is 0 Å². The third-order valence-corrected chi connectivity index (χ3v) is 4.02. The molecule has 0 aliphatic carbocycles. The Kier molecular flexibility index (Phi) is 17.6. The number of allylic oxidation sites excluding steroid dienone is 1.